The Morgan fingerprint density at radius 3 is 2.36 bits per heavy atom. The van der Waals surface area contributed by atoms with Gasteiger partial charge in [-0.2, -0.15) is 0 Å². The van der Waals surface area contributed by atoms with Gasteiger partial charge in [-0.15, -0.1) is 12.4 Å². The first-order chi connectivity index (χ1) is 11.5. The van der Waals surface area contributed by atoms with Crippen LogP contribution in [-0.2, 0) is 22.5 Å². The van der Waals surface area contributed by atoms with Crippen LogP contribution in [0.3, 0.4) is 0 Å². The standard InChI is InChI=1S/C18H18F3NO2.ClH/c1-24-18(23)9-14(22-11-12-5-3-2-4-6-12)7-13-8-16(20)17(21)10-15(13)19;/h2-6,8,10,14,22H,7,9,11H2,1H3;1H. The highest BCUT2D eigenvalue weighted by molar-refractivity contribution is 5.85. The van der Waals surface area contributed by atoms with E-state index in [0.717, 1.165) is 11.6 Å². The zero-order chi connectivity index (χ0) is 17.5. The summed E-state index contributed by atoms with van der Waals surface area (Å²) in [5.41, 5.74) is 0.987. The normalized spacial score (nSPS) is 11.5. The van der Waals surface area contributed by atoms with Gasteiger partial charge in [0.2, 0.25) is 0 Å². The molecule has 0 radical (unpaired) electrons. The molecule has 0 aliphatic carbocycles. The van der Waals surface area contributed by atoms with E-state index in [1.54, 1.807) is 0 Å². The van der Waals surface area contributed by atoms with E-state index in [9.17, 15) is 18.0 Å². The number of carbonyl (C=O) groups is 1. The number of rotatable bonds is 7. The summed E-state index contributed by atoms with van der Waals surface area (Å²) in [6.07, 6.45) is 0.0206. The molecule has 2 rings (SSSR count). The van der Waals surface area contributed by atoms with Crippen molar-refractivity contribution >= 4 is 18.4 Å². The number of methoxy groups -OCH3 is 1. The fourth-order valence-electron chi connectivity index (χ4n) is 2.34. The van der Waals surface area contributed by atoms with Crippen LogP contribution in [0.15, 0.2) is 42.5 Å². The minimum absolute atomic E-state index is 0. The van der Waals surface area contributed by atoms with Crippen LogP contribution in [-0.4, -0.2) is 19.1 Å². The van der Waals surface area contributed by atoms with E-state index in [1.807, 2.05) is 30.3 Å². The van der Waals surface area contributed by atoms with Crippen molar-refractivity contribution in [2.45, 2.75) is 25.4 Å². The quantitative estimate of drug-likeness (QED) is 0.593. The van der Waals surface area contributed by atoms with Crippen molar-refractivity contribution in [2.75, 3.05) is 7.11 Å². The first-order valence-corrected chi connectivity index (χ1v) is 7.47. The zero-order valence-electron chi connectivity index (χ0n) is 13.6. The summed E-state index contributed by atoms with van der Waals surface area (Å²) in [6.45, 7) is 0.452. The zero-order valence-corrected chi connectivity index (χ0v) is 14.4. The average molecular weight is 374 g/mol. The molecule has 7 heteroatoms. The minimum Gasteiger partial charge on any atom is -0.469 e. The Labute approximate surface area is 150 Å². The maximum Gasteiger partial charge on any atom is 0.307 e. The van der Waals surface area contributed by atoms with Crippen LogP contribution in [0.4, 0.5) is 13.2 Å². The summed E-state index contributed by atoms with van der Waals surface area (Å²) in [4.78, 5) is 11.5. The predicted octanol–water partition coefficient (Wildman–Crippen LogP) is 3.79. The molecule has 0 saturated carbocycles. The van der Waals surface area contributed by atoms with Gasteiger partial charge in [0.1, 0.15) is 5.82 Å². The van der Waals surface area contributed by atoms with Gasteiger partial charge in [0.15, 0.2) is 11.6 Å². The summed E-state index contributed by atoms with van der Waals surface area (Å²) < 4.78 is 44.8. The number of carbonyl (C=O) groups excluding carboxylic acids is 1. The first kappa shape index (κ1) is 21.0. The van der Waals surface area contributed by atoms with E-state index in [1.165, 1.54) is 7.11 Å². The van der Waals surface area contributed by atoms with Crippen LogP contribution >= 0.6 is 12.4 Å². The van der Waals surface area contributed by atoms with Crippen LogP contribution in [0.1, 0.15) is 17.5 Å². The highest BCUT2D eigenvalue weighted by Gasteiger charge is 2.18. The van der Waals surface area contributed by atoms with Crippen molar-refractivity contribution in [3.63, 3.8) is 0 Å². The van der Waals surface area contributed by atoms with Gasteiger partial charge < -0.3 is 10.1 Å². The number of benzene rings is 2. The lowest BCUT2D eigenvalue weighted by atomic mass is 10.0. The van der Waals surface area contributed by atoms with Gasteiger partial charge in [-0.05, 0) is 23.6 Å². The lowest BCUT2D eigenvalue weighted by Gasteiger charge is -2.18. The van der Waals surface area contributed by atoms with Gasteiger partial charge in [-0.25, -0.2) is 13.2 Å². The molecule has 1 atom stereocenters. The molecule has 1 unspecified atom stereocenters. The third kappa shape index (κ3) is 6.40. The highest BCUT2D eigenvalue weighted by atomic mass is 35.5. The summed E-state index contributed by atoms with van der Waals surface area (Å²) in [5, 5.41) is 3.13. The maximum atomic E-state index is 13.8. The molecule has 0 bridgehead atoms. The maximum absolute atomic E-state index is 13.8. The molecule has 136 valence electrons. The van der Waals surface area contributed by atoms with E-state index in [0.29, 0.717) is 12.6 Å². The van der Waals surface area contributed by atoms with Gasteiger partial charge in [0.25, 0.3) is 0 Å². The van der Waals surface area contributed by atoms with Crippen molar-refractivity contribution in [2.24, 2.45) is 0 Å². The first-order valence-electron chi connectivity index (χ1n) is 7.47. The number of hydrogen-bond donors (Lipinski definition) is 1. The second-order valence-electron chi connectivity index (χ2n) is 5.41. The summed E-state index contributed by atoms with van der Waals surface area (Å²) in [7, 11) is 1.26. The fraction of sp³-hybridized carbons (Fsp3) is 0.278. The molecule has 2 aromatic rings. The van der Waals surface area contributed by atoms with Gasteiger partial charge in [0.05, 0.1) is 13.5 Å². The molecular formula is C18H19ClF3NO2. The molecule has 0 aliphatic heterocycles. The Hall–Kier alpha value is -2.05. The molecule has 25 heavy (non-hydrogen) atoms. The Bertz CT molecular complexity index is 698. The fourth-order valence-corrected chi connectivity index (χ4v) is 2.34. The monoisotopic (exact) mass is 373 g/mol. The van der Waals surface area contributed by atoms with Gasteiger partial charge in [-0.1, -0.05) is 30.3 Å². The van der Waals surface area contributed by atoms with Crippen molar-refractivity contribution < 1.29 is 22.7 Å². The van der Waals surface area contributed by atoms with Crippen molar-refractivity contribution in [1.82, 2.24) is 5.32 Å². The molecule has 3 nitrogen and oxygen atoms in total. The van der Waals surface area contributed by atoms with Crippen LogP contribution in [0.2, 0.25) is 0 Å². The Morgan fingerprint density at radius 1 is 1.08 bits per heavy atom. The number of hydrogen-bond acceptors (Lipinski definition) is 3. The Balaban J connectivity index is 0.00000312. The molecule has 0 amide bonds. The summed E-state index contributed by atoms with van der Waals surface area (Å²) >= 11 is 0. The molecule has 0 saturated heterocycles. The van der Waals surface area contributed by atoms with E-state index >= 15 is 0 Å². The second-order valence-corrected chi connectivity index (χ2v) is 5.41. The van der Waals surface area contributed by atoms with Gasteiger partial charge >= 0.3 is 5.97 Å². The number of nitrogens with one attached hydrogen (secondary N) is 1. The van der Waals surface area contributed by atoms with Gasteiger partial charge in [-0.3, -0.25) is 4.79 Å². The molecule has 2 aromatic carbocycles. The molecule has 0 aromatic heterocycles. The summed E-state index contributed by atoms with van der Waals surface area (Å²) in [5.74, 6) is -3.67. The molecule has 1 N–H and O–H groups in total. The lowest BCUT2D eigenvalue weighted by molar-refractivity contribution is -0.141. The van der Waals surface area contributed by atoms with Crippen LogP contribution in [0.5, 0.6) is 0 Å². The number of esters is 1. The van der Waals surface area contributed by atoms with Crippen molar-refractivity contribution in [1.29, 1.82) is 0 Å². The average Bonchev–Trinajstić information content (AvgIpc) is 2.58. The smallest absolute Gasteiger partial charge is 0.307 e. The largest absolute Gasteiger partial charge is 0.469 e. The van der Waals surface area contributed by atoms with Crippen molar-refractivity contribution in [3.8, 4) is 0 Å². The molecule has 0 heterocycles. The minimum atomic E-state index is -1.24. The predicted molar refractivity (Wildman–Crippen MR) is 91.0 cm³/mol. The Kier molecular flexibility index (Phi) is 8.45. The van der Waals surface area contributed by atoms with E-state index in [-0.39, 0.29) is 30.8 Å². The second kappa shape index (κ2) is 10.1. The van der Waals surface area contributed by atoms with Gasteiger partial charge in [0, 0.05) is 18.7 Å². The number of ether oxygens (including phenoxy) is 1. The molecular weight excluding hydrogens is 355 g/mol. The third-order valence-electron chi connectivity index (χ3n) is 3.63. The molecule has 0 aliphatic rings. The topological polar surface area (TPSA) is 38.3 Å². The lowest BCUT2D eigenvalue weighted by Crippen LogP contribution is -2.33. The van der Waals surface area contributed by atoms with Crippen LogP contribution in [0, 0.1) is 17.5 Å². The number of halogens is 4. The van der Waals surface area contributed by atoms with Crippen LogP contribution < -0.4 is 5.32 Å². The van der Waals surface area contributed by atoms with E-state index < -0.39 is 29.5 Å². The highest BCUT2D eigenvalue weighted by Crippen LogP contribution is 2.17. The molecule has 0 fully saturated rings. The van der Waals surface area contributed by atoms with Crippen molar-refractivity contribution in [3.05, 3.63) is 71.0 Å². The summed E-state index contributed by atoms with van der Waals surface area (Å²) in [6, 6.07) is 10.3. The van der Waals surface area contributed by atoms with E-state index in [4.69, 9.17) is 0 Å². The van der Waals surface area contributed by atoms with Crippen LogP contribution in [0.25, 0.3) is 0 Å². The van der Waals surface area contributed by atoms with E-state index in [2.05, 4.69) is 10.1 Å². The molecule has 0 spiro atoms. The SMILES string of the molecule is COC(=O)CC(Cc1cc(F)c(F)cc1F)NCc1ccccc1.Cl. The Morgan fingerprint density at radius 2 is 1.72 bits per heavy atom. The third-order valence-corrected chi connectivity index (χ3v) is 3.63.